The summed E-state index contributed by atoms with van der Waals surface area (Å²) in [6, 6.07) is 10.1. The Morgan fingerprint density at radius 1 is 1.20 bits per heavy atom. The zero-order chi connectivity index (χ0) is 28.5. The minimum absolute atomic E-state index is 0.0487. The van der Waals surface area contributed by atoms with Crippen LogP contribution in [0.25, 0.3) is 16.8 Å². The topological polar surface area (TPSA) is 123 Å². The predicted molar refractivity (Wildman–Crippen MR) is 149 cm³/mol. The Kier molecular flexibility index (Phi) is 5.74. The van der Waals surface area contributed by atoms with Crippen LogP contribution >= 0.6 is 0 Å². The van der Waals surface area contributed by atoms with Gasteiger partial charge in [0, 0.05) is 53.9 Å². The minimum atomic E-state index is -0.596. The molecular formula is C30H30FN7O3. The number of carbonyl (C=O) groups excluding carboxylic acids is 1. The van der Waals surface area contributed by atoms with Crippen molar-refractivity contribution >= 4 is 17.7 Å². The number of amidine groups is 1. The zero-order valence-corrected chi connectivity index (χ0v) is 23.0. The molecule has 11 heteroatoms. The van der Waals surface area contributed by atoms with Gasteiger partial charge in [0.15, 0.2) is 6.29 Å². The average Bonchev–Trinajstić information content (AvgIpc) is 3.43. The highest BCUT2D eigenvalue weighted by Crippen LogP contribution is 2.51. The second-order valence-corrected chi connectivity index (χ2v) is 12.0. The number of ether oxygens (including phenoxy) is 1. The van der Waals surface area contributed by atoms with Gasteiger partial charge in [-0.15, -0.1) is 0 Å². The second kappa shape index (κ2) is 9.15. The van der Waals surface area contributed by atoms with Crippen molar-refractivity contribution in [1.82, 2.24) is 24.9 Å². The lowest BCUT2D eigenvalue weighted by molar-refractivity contribution is -0.104. The Morgan fingerprint density at radius 3 is 2.61 bits per heavy atom. The van der Waals surface area contributed by atoms with Crippen LogP contribution in [0.4, 0.5) is 4.39 Å². The van der Waals surface area contributed by atoms with Crippen LogP contribution in [0, 0.1) is 17.7 Å². The standard InChI is InChI=1S/C30H30FN7O3/c1-29(2,32)19-9-24(18-4-6-20(31)7-5-18)34-25(10-19)41-26-22-12-38(13-23(22)26)30(3)15-37-11-17(14-39)8-21(28(37)35-30)27-33-16-40-36-27/h4-11,14,16,22-23,26H,12-13,15,32H2,1-3H3/t22-,23+,26?,30?. The van der Waals surface area contributed by atoms with E-state index in [9.17, 15) is 9.18 Å². The van der Waals surface area contributed by atoms with E-state index >= 15 is 0 Å². The Labute approximate surface area is 236 Å². The molecule has 0 bridgehead atoms. The summed E-state index contributed by atoms with van der Waals surface area (Å²) in [7, 11) is 0. The molecule has 2 unspecified atom stereocenters. The molecule has 41 heavy (non-hydrogen) atoms. The highest BCUT2D eigenvalue weighted by Gasteiger charge is 2.61. The number of nitrogens with zero attached hydrogens (tertiary/aromatic N) is 6. The first-order valence-corrected chi connectivity index (χ1v) is 13.6. The summed E-state index contributed by atoms with van der Waals surface area (Å²) in [4.78, 5) is 30.0. The van der Waals surface area contributed by atoms with Crippen molar-refractivity contribution < 1.29 is 18.4 Å². The van der Waals surface area contributed by atoms with Gasteiger partial charge in [-0.3, -0.25) is 9.69 Å². The van der Waals surface area contributed by atoms with Gasteiger partial charge in [0.25, 0.3) is 0 Å². The number of piperidine rings is 1. The Bertz CT molecular complexity index is 1600. The Hall–Kier alpha value is -4.22. The van der Waals surface area contributed by atoms with Gasteiger partial charge >= 0.3 is 0 Å². The molecule has 1 saturated heterocycles. The highest BCUT2D eigenvalue weighted by molar-refractivity contribution is 6.25. The molecule has 2 aromatic heterocycles. The van der Waals surface area contributed by atoms with Gasteiger partial charge < -0.3 is 19.9 Å². The van der Waals surface area contributed by atoms with Crippen LogP contribution in [0.5, 0.6) is 5.88 Å². The zero-order valence-electron chi connectivity index (χ0n) is 23.0. The van der Waals surface area contributed by atoms with Crippen LogP contribution in [0.15, 0.2) is 70.2 Å². The average molecular weight is 556 g/mol. The van der Waals surface area contributed by atoms with Crippen LogP contribution < -0.4 is 10.5 Å². The number of likely N-dealkylation sites (tertiary alicyclic amines) is 1. The number of aliphatic imine (C=N–C) groups is 1. The Morgan fingerprint density at radius 2 is 1.95 bits per heavy atom. The maximum Gasteiger partial charge on any atom is 0.214 e. The normalized spacial score (nSPS) is 27.1. The maximum atomic E-state index is 13.5. The molecular weight excluding hydrogens is 525 g/mol. The van der Waals surface area contributed by atoms with Crippen molar-refractivity contribution in [2.45, 2.75) is 38.1 Å². The predicted octanol–water partition coefficient (Wildman–Crippen LogP) is 3.38. The fraction of sp³-hybridized carbons (Fsp3) is 0.367. The molecule has 3 aromatic rings. The SMILES string of the molecule is CC(C)(N)c1cc(OC2[C@H]3CN(C4(C)CN5C=C(C=O)C=C(c6ncon6)C5=N4)C[C@@H]23)nc(-c2ccc(F)cc2)c1. The van der Waals surface area contributed by atoms with E-state index in [0.717, 1.165) is 36.3 Å². The summed E-state index contributed by atoms with van der Waals surface area (Å²) < 4.78 is 24.9. The molecule has 10 nitrogen and oxygen atoms in total. The molecule has 0 radical (unpaired) electrons. The fourth-order valence-corrected chi connectivity index (χ4v) is 6.07. The van der Waals surface area contributed by atoms with E-state index in [1.165, 1.54) is 18.5 Å². The van der Waals surface area contributed by atoms with Crippen LogP contribution in [-0.4, -0.2) is 68.4 Å². The lowest BCUT2D eigenvalue weighted by Crippen LogP contribution is -2.48. The van der Waals surface area contributed by atoms with Gasteiger partial charge in [-0.05, 0) is 62.7 Å². The van der Waals surface area contributed by atoms with Crippen molar-refractivity contribution in [1.29, 1.82) is 0 Å². The summed E-state index contributed by atoms with van der Waals surface area (Å²) in [5, 5.41) is 3.97. The van der Waals surface area contributed by atoms with Gasteiger partial charge in [-0.25, -0.2) is 14.4 Å². The third-order valence-electron chi connectivity index (χ3n) is 8.42. The monoisotopic (exact) mass is 555 g/mol. The van der Waals surface area contributed by atoms with E-state index < -0.39 is 11.2 Å². The number of aldehydes is 1. The highest BCUT2D eigenvalue weighted by atomic mass is 19.1. The number of benzene rings is 1. The summed E-state index contributed by atoms with van der Waals surface area (Å²) in [6.07, 6.45) is 5.70. The summed E-state index contributed by atoms with van der Waals surface area (Å²) in [5.41, 5.74) is 8.95. The minimum Gasteiger partial charge on any atom is -0.474 e. The first kappa shape index (κ1) is 25.7. The van der Waals surface area contributed by atoms with Gasteiger partial charge in [0.2, 0.25) is 18.1 Å². The molecule has 1 aliphatic carbocycles. The maximum absolute atomic E-state index is 13.5. The van der Waals surface area contributed by atoms with Gasteiger partial charge in [-0.1, -0.05) is 5.16 Å². The first-order chi connectivity index (χ1) is 19.6. The summed E-state index contributed by atoms with van der Waals surface area (Å²) in [5.74, 6) is 2.06. The lowest BCUT2D eigenvalue weighted by Gasteiger charge is -2.34. The van der Waals surface area contributed by atoms with Gasteiger partial charge in [0.05, 0.1) is 17.8 Å². The number of fused-ring (bicyclic) bond motifs is 2. The third-order valence-corrected chi connectivity index (χ3v) is 8.42. The van der Waals surface area contributed by atoms with E-state index in [1.807, 2.05) is 37.1 Å². The number of halogens is 1. The number of hydrogen-bond acceptors (Lipinski definition) is 10. The van der Waals surface area contributed by atoms with E-state index in [-0.39, 0.29) is 11.9 Å². The number of aromatic nitrogens is 3. The molecule has 0 spiro atoms. The number of carbonyl (C=O) groups is 1. The van der Waals surface area contributed by atoms with E-state index in [2.05, 4.69) is 22.0 Å². The second-order valence-electron chi connectivity index (χ2n) is 12.0. The molecule has 1 aromatic carbocycles. The molecule has 210 valence electrons. The molecule has 1 saturated carbocycles. The fourth-order valence-electron chi connectivity index (χ4n) is 6.07. The van der Waals surface area contributed by atoms with E-state index in [1.54, 1.807) is 18.2 Å². The van der Waals surface area contributed by atoms with Crippen molar-refractivity contribution in [3.63, 3.8) is 0 Å². The van der Waals surface area contributed by atoms with E-state index in [4.69, 9.17) is 25.0 Å². The molecule has 4 aliphatic rings. The summed E-state index contributed by atoms with van der Waals surface area (Å²) in [6.45, 7) is 8.26. The number of allylic oxidation sites excluding steroid dienone is 2. The summed E-state index contributed by atoms with van der Waals surface area (Å²) >= 11 is 0. The quantitative estimate of drug-likeness (QED) is 0.437. The molecule has 0 amide bonds. The third kappa shape index (κ3) is 4.54. The molecule has 2 N–H and O–H groups in total. The molecule has 2 fully saturated rings. The van der Waals surface area contributed by atoms with Gasteiger partial charge in [0.1, 0.15) is 23.4 Å². The van der Waals surface area contributed by atoms with Crippen molar-refractivity contribution in [3.8, 4) is 17.1 Å². The lowest BCUT2D eigenvalue weighted by atomic mass is 9.95. The van der Waals surface area contributed by atoms with E-state index in [0.29, 0.717) is 46.9 Å². The van der Waals surface area contributed by atoms with Crippen molar-refractivity contribution in [2.24, 2.45) is 22.6 Å². The van der Waals surface area contributed by atoms with Crippen LogP contribution in [0.1, 0.15) is 32.2 Å². The number of nitrogens with two attached hydrogens (primary N) is 1. The number of rotatable bonds is 7. The van der Waals surface area contributed by atoms with Crippen molar-refractivity contribution in [2.75, 3.05) is 19.6 Å². The first-order valence-electron chi connectivity index (χ1n) is 13.6. The van der Waals surface area contributed by atoms with Crippen LogP contribution in [-0.2, 0) is 10.3 Å². The van der Waals surface area contributed by atoms with Gasteiger partial charge in [-0.2, -0.15) is 4.98 Å². The largest absolute Gasteiger partial charge is 0.474 e. The Balaban J connectivity index is 1.08. The van der Waals surface area contributed by atoms with Crippen molar-refractivity contribution in [3.05, 3.63) is 77.8 Å². The molecule has 4 atom stereocenters. The van der Waals surface area contributed by atoms with Crippen LogP contribution in [0.2, 0.25) is 0 Å². The molecule has 5 heterocycles. The molecule has 7 rings (SSSR count). The smallest absolute Gasteiger partial charge is 0.214 e. The molecule has 3 aliphatic heterocycles. The number of pyridine rings is 1. The number of hydrogen-bond donors (Lipinski definition) is 1. The van der Waals surface area contributed by atoms with Crippen LogP contribution in [0.3, 0.4) is 0 Å².